The molecule has 1 atom stereocenters. The summed E-state index contributed by atoms with van der Waals surface area (Å²) in [6, 6.07) is 6.10. The number of nitro benzene ring substituents is 1. The van der Waals surface area contributed by atoms with Crippen LogP contribution < -0.4 is 0 Å². The highest BCUT2D eigenvalue weighted by Gasteiger charge is 2.50. The van der Waals surface area contributed by atoms with Crippen LogP contribution in [-0.2, 0) is 19.1 Å². The Morgan fingerprint density at radius 2 is 1.91 bits per heavy atom. The molecule has 0 radical (unpaired) electrons. The standard InChI is InChI=1S/C15H15NO6/c1-21-13(17)15(14(18)22-2)7-6-11(9-15)10-4-3-5-12(8-10)16(19)20/h3-8,11H,9H2,1-2H3. The maximum atomic E-state index is 12.0. The van der Waals surface area contributed by atoms with Crippen molar-refractivity contribution in [2.24, 2.45) is 5.41 Å². The second-order valence-corrected chi connectivity index (χ2v) is 4.98. The number of carbonyl (C=O) groups excluding carboxylic acids is 2. The third-order valence-corrected chi connectivity index (χ3v) is 3.76. The minimum absolute atomic E-state index is 0.0421. The lowest BCUT2D eigenvalue weighted by atomic mass is 9.83. The van der Waals surface area contributed by atoms with E-state index in [0.29, 0.717) is 5.56 Å². The molecule has 1 aliphatic rings. The van der Waals surface area contributed by atoms with Crippen LogP contribution in [0.4, 0.5) is 5.69 Å². The smallest absolute Gasteiger partial charge is 0.327 e. The Labute approximate surface area is 126 Å². The number of rotatable bonds is 4. The average molecular weight is 305 g/mol. The van der Waals surface area contributed by atoms with Crippen molar-refractivity contribution in [2.75, 3.05) is 14.2 Å². The Hall–Kier alpha value is -2.70. The quantitative estimate of drug-likeness (QED) is 0.277. The van der Waals surface area contributed by atoms with Gasteiger partial charge in [0.05, 0.1) is 19.1 Å². The van der Waals surface area contributed by atoms with Gasteiger partial charge in [-0.15, -0.1) is 0 Å². The number of nitrogens with zero attached hydrogens (tertiary/aromatic N) is 1. The zero-order valence-electron chi connectivity index (χ0n) is 12.1. The van der Waals surface area contributed by atoms with E-state index in [9.17, 15) is 19.7 Å². The fourth-order valence-electron chi connectivity index (χ4n) is 2.61. The highest BCUT2D eigenvalue weighted by Crippen LogP contribution is 2.43. The van der Waals surface area contributed by atoms with E-state index >= 15 is 0 Å². The Balaban J connectivity index is 2.33. The molecule has 0 amide bonds. The van der Waals surface area contributed by atoms with Gasteiger partial charge >= 0.3 is 11.9 Å². The van der Waals surface area contributed by atoms with Gasteiger partial charge in [0.25, 0.3) is 5.69 Å². The van der Waals surface area contributed by atoms with Crippen molar-refractivity contribution in [2.45, 2.75) is 12.3 Å². The molecule has 1 unspecified atom stereocenters. The number of allylic oxidation sites excluding steroid dienone is 1. The Morgan fingerprint density at radius 1 is 1.27 bits per heavy atom. The minimum Gasteiger partial charge on any atom is -0.468 e. The molecule has 22 heavy (non-hydrogen) atoms. The van der Waals surface area contributed by atoms with E-state index in [2.05, 4.69) is 0 Å². The first-order chi connectivity index (χ1) is 10.4. The lowest BCUT2D eigenvalue weighted by Gasteiger charge is -2.22. The summed E-state index contributed by atoms with van der Waals surface area (Å²) in [5.74, 6) is -1.72. The molecule has 7 nitrogen and oxygen atoms in total. The van der Waals surface area contributed by atoms with Crippen LogP contribution in [0.1, 0.15) is 17.9 Å². The summed E-state index contributed by atoms with van der Waals surface area (Å²) in [4.78, 5) is 34.4. The Kier molecular flexibility index (Phi) is 4.25. The summed E-state index contributed by atoms with van der Waals surface area (Å²) in [7, 11) is 2.39. The Bertz CT molecular complexity index is 635. The summed E-state index contributed by atoms with van der Waals surface area (Å²) in [5.41, 5.74) is -0.890. The molecule has 1 aliphatic carbocycles. The van der Waals surface area contributed by atoms with Gasteiger partial charge in [0.1, 0.15) is 0 Å². The lowest BCUT2D eigenvalue weighted by Crippen LogP contribution is -2.38. The van der Waals surface area contributed by atoms with Crippen molar-refractivity contribution in [1.82, 2.24) is 0 Å². The van der Waals surface area contributed by atoms with Crippen LogP contribution in [0.3, 0.4) is 0 Å². The third kappa shape index (κ3) is 2.57. The number of esters is 2. The number of carbonyl (C=O) groups is 2. The monoisotopic (exact) mass is 305 g/mol. The van der Waals surface area contributed by atoms with Crippen LogP contribution in [0, 0.1) is 15.5 Å². The fourth-order valence-corrected chi connectivity index (χ4v) is 2.61. The van der Waals surface area contributed by atoms with E-state index < -0.39 is 22.3 Å². The first-order valence-electron chi connectivity index (χ1n) is 6.55. The molecule has 7 heteroatoms. The van der Waals surface area contributed by atoms with Gasteiger partial charge in [-0.05, 0) is 12.0 Å². The topological polar surface area (TPSA) is 95.7 Å². The van der Waals surface area contributed by atoms with Gasteiger partial charge in [0.2, 0.25) is 0 Å². The summed E-state index contributed by atoms with van der Waals surface area (Å²) in [6.07, 6.45) is 3.24. The number of ether oxygens (including phenoxy) is 2. The largest absolute Gasteiger partial charge is 0.468 e. The lowest BCUT2D eigenvalue weighted by molar-refractivity contribution is -0.384. The molecule has 0 heterocycles. The molecule has 0 aromatic heterocycles. The van der Waals surface area contributed by atoms with E-state index in [0.717, 1.165) is 0 Å². The van der Waals surface area contributed by atoms with Crippen molar-refractivity contribution in [3.63, 3.8) is 0 Å². The molecule has 0 saturated carbocycles. The van der Waals surface area contributed by atoms with E-state index in [1.165, 1.54) is 32.4 Å². The molecule has 0 aliphatic heterocycles. The molecular formula is C15H15NO6. The number of non-ortho nitro benzene ring substituents is 1. The van der Waals surface area contributed by atoms with Gasteiger partial charge in [-0.2, -0.15) is 0 Å². The van der Waals surface area contributed by atoms with Crippen molar-refractivity contribution < 1.29 is 24.0 Å². The summed E-state index contributed by atoms with van der Waals surface area (Å²) < 4.78 is 9.41. The van der Waals surface area contributed by atoms with Crippen molar-refractivity contribution >= 4 is 17.6 Å². The molecule has 116 valence electrons. The highest BCUT2D eigenvalue weighted by atomic mass is 16.6. The summed E-state index contributed by atoms with van der Waals surface area (Å²) in [6.45, 7) is 0. The Morgan fingerprint density at radius 3 is 2.45 bits per heavy atom. The second kappa shape index (κ2) is 5.97. The summed E-state index contributed by atoms with van der Waals surface area (Å²) in [5, 5.41) is 10.8. The summed E-state index contributed by atoms with van der Waals surface area (Å²) >= 11 is 0. The van der Waals surface area contributed by atoms with Crippen molar-refractivity contribution in [1.29, 1.82) is 0 Å². The van der Waals surface area contributed by atoms with Gasteiger partial charge in [-0.1, -0.05) is 24.3 Å². The predicted octanol–water partition coefficient (Wildman–Crippen LogP) is 1.97. The van der Waals surface area contributed by atoms with Gasteiger partial charge in [0, 0.05) is 18.1 Å². The zero-order valence-corrected chi connectivity index (χ0v) is 12.1. The third-order valence-electron chi connectivity index (χ3n) is 3.76. The second-order valence-electron chi connectivity index (χ2n) is 4.98. The maximum absolute atomic E-state index is 12.0. The predicted molar refractivity (Wildman–Crippen MR) is 76.1 cm³/mol. The van der Waals surface area contributed by atoms with Crippen LogP contribution >= 0.6 is 0 Å². The van der Waals surface area contributed by atoms with Crippen molar-refractivity contribution in [3.8, 4) is 0 Å². The van der Waals surface area contributed by atoms with Gasteiger partial charge in [0.15, 0.2) is 5.41 Å². The minimum atomic E-state index is -1.50. The van der Waals surface area contributed by atoms with Crippen LogP contribution in [0.25, 0.3) is 0 Å². The molecule has 0 saturated heterocycles. The SMILES string of the molecule is COC(=O)C1(C(=O)OC)C=CC(c2cccc([N+](=O)[O-])c2)C1. The van der Waals surface area contributed by atoms with Crippen LogP contribution in [0.15, 0.2) is 36.4 Å². The number of hydrogen-bond donors (Lipinski definition) is 0. The maximum Gasteiger partial charge on any atom is 0.327 e. The van der Waals surface area contributed by atoms with Gasteiger partial charge in [-0.3, -0.25) is 19.7 Å². The fraction of sp³-hybridized carbons (Fsp3) is 0.333. The van der Waals surface area contributed by atoms with Crippen LogP contribution in [-0.4, -0.2) is 31.1 Å². The average Bonchev–Trinajstić information content (AvgIpc) is 3.00. The normalized spacial score (nSPS) is 18.7. The molecule has 0 fully saturated rings. The van der Waals surface area contributed by atoms with E-state index in [-0.39, 0.29) is 18.0 Å². The highest BCUT2D eigenvalue weighted by molar-refractivity contribution is 6.03. The zero-order chi connectivity index (χ0) is 16.3. The number of hydrogen-bond acceptors (Lipinski definition) is 6. The first-order valence-corrected chi connectivity index (χ1v) is 6.55. The van der Waals surface area contributed by atoms with Gasteiger partial charge in [-0.25, -0.2) is 0 Å². The first kappa shape index (κ1) is 15.7. The number of methoxy groups -OCH3 is 2. The molecule has 1 aromatic carbocycles. The van der Waals surface area contributed by atoms with Crippen LogP contribution in [0.2, 0.25) is 0 Å². The molecule has 0 N–H and O–H groups in total. The molecular weight excluding hydrogens is 290 g/mol. The molecule has 2 rings (SSSR count). The van der Waals surface area contributed by atoms with E-state index in [4.69, 9.17) is 9.47 Å². The van der Waals surface area contributed by atoms with Gasteiger partial charge < -0.3 is 9.47 Å². The van der Waals surface area contributed by atoms with E-state index in [1.807, 2.05) is 0 Å². The van der Waals surface area contributed by atoms with Crippen LogP contribution in [0.5, 0.6) is 0 Å². The number of nitro groups is 1. The number of benzene rings is 1. The molecule has 0 spiro atoms. The molecule has 0 bridgehead atoms. The van der Waals surface area contributed by atoms with Crippen molar-refractivity contribution in [3.05, 3.63) is 52.1 Å². The molecule has 1 aromatic rings. The van der Waals surface area contributed by atoms with E-state index in [1.54, 1.807) is 18.2 Å².